The second-order valence-electron chi connectivity index (χ2n) is 3.96. The van der Waals surface area contributed by atoms with Crippen molar-refractivity contribution in [3.63, 3.8) is 0 Å². The van der Waals surface area contributed by atoms with Crippen molar-refractivity contribution >= 4 is 23.7 Å². The summed E-state index contributed by atoms with van der Waals surface area (Å²) >= 11 is 1.19. The summed E-state index contributed by atoms with van der Waals surface area (Å²) in [6, 6.07) is 3.30. The summed E-state index contributed by atoms with van der Waals surface area (Å²) < 4.78 is 9.97. The SMILES string of the molecule is CCOC(=O)c1cccnc1SCOC(=O)C(C)C. The lowest BCUT2D eigenvalue weighted by Crippen LogP contribution is -2.12. The molecule has 1 aromatic heterocycles. The third-order valence-corrected chi connectivity index (χ3v) is 2.97. The molecule has 1 heterocycles. The zero-order valence-corrected chi connectivity index (χ0v) is 12.0. The van der Waals surface area contributed by atoms with Gasteiger partial charge in [0.1, 0.15) is 11.0 Å². The molecule has 0 aliphatic carbocycles. The van der Waals surface area contributed by atoms with Gasteiger partial charge in [0, 0.05) is 6.20 Å². The molecule has 0 radical (unpaired) electrons. The van der Waals surface area contributed by atoms with Crippen LogP contribution >= 0.6 is 11.8 Å². The number of nitrogens with zero attached hydrogens (tertiary/aromatic N) is 1. The van der Waals surface area contributed by atoms with Gasteiger partial charge in [-0.25, -0.2) is 9.78 Å². The molecule has 5 nitrogen and oxygen atoms in total. The van der Waals surface area contributed by atoms with Gasteiger partial charge in [-0.15, -0.1) is 0 Å². The first-order chi connectivity index (χ1) is 9.06. The number of hydrogen-bond acceptors (Lipinski definition) is 6. The Labute approximate surface area is 116 Å². The molecular formula is C13H17NO4S. The Morgan fingerprint density at radius 3 is 2.74 bits per heavy atom. The van der Waals surface area contributed by atoms with Crippen molar-refractivity contribution in [1.29, 1.82) is 0 Å². The topological polar surface area (TPSA) is 65.5 Å². The van der Waals surface area contributed by atoms with E-state index >= 15 is 0 Å². The van der Waals surface area contributed by atoms with E-state index in [0.717, 1.165) is 0 Å². The molecular weight excluding hydrogens is 266 g/mol. The van der Waals surface area contributed by atoms with Crippen molar-refractivity contribution in [3.8, 4) is 0 Å². The number of ether oxygens (including phenoxy) is 2. The highest BCUT2D eigenvalue weighted by atomic mass is 32.2. The van der Waals surface area contributed by atoms with Gasteiger partial charge in [-0.1, -0.05) is 25.6 Å². The molecule has 19 heavy (non-hydrogen) atoms. The second kappa shape index (κ2) is 7.78. The Hall–Kier alpha value is -1.56. The number of esters is 2. The fraction of sp³-hybridized carbons (Fsp3) is 0.462. The van der Waals surface area contributed by atoms with E-state index in [0.29, 0.717) is 17.2 Å². The molecule has 0 unspecified atom stereocenters. The van der Waals surface area contributed by atoms with Crippen LogP contribution in [0.5, 0.6) is 0 Å². The van der Waals surface area contributed by atoms with Crippen molar-refractivity contribution in [1.82, 2.24) is 4.98 Å². The predicted octanol–water partition coefficient (Wildman–Crippen LogP) is 2.51. The Bertz CT molecular complexity index is 448. The number of thioether (sulfide) groups is 1. The Balaban J connectivity index is 2.63. The zero-order chi connectivity index (χ0) is 14.3. The van der Waals surface area contributed by atoms with E-state index in [4.69, 9.17) is 9.47 Å². The van der Waals surface area contributed by atoms with E-state index in [9.17, 15) is 9.59 Å². The van der Waals surface area contributed by atoms with Gasteiger partial charge in [0.05, 0.1) is 18.1 Å². The van der Waals surface area contributed by atoms with Gasteiger partial charge in [0.25, 0.3) is 0 Å². The molecule has 0 aromatic carbocycles. The monoisotopic (exact) mass is 283 g/mol. The first kappa shape index (κ1) is 15.5. The average Bonchev–Trinajstić information content (AvgIpc) is 2.39. The Morgan fingerprint density at radius 2 is 2.11 bits per heavy atom. The quantitative estimate of drug-likeness (QED) is 0.454. The average molecular weight is 283 g/mol. The van der Waals surface area contributed by atoms with Crippen LogP contribution in [0, 0.1) is 5.92 Å². The maximum Gasteiger partial charge on any atom is 0.340 e. The van der Waals surface area contributed by atoms with Crippen molar-refractivity contribution in [2.24, 2.45) is 5.92 Å². The summed E-state index contributed by atoms with van der Waals surface area (Å²) in [6.07, 6.45) is 1.58. The second-order valence-corrected chi connectivity index (χ2v) is 4.87. The molecule has 1 aromatic rings. The summed E-state index contributed by atoms with van der Waals surface area (Å²) in [4.78, 5) is 27.1. The minimum Gasteiger partial charge on any atom is -0.462 e. The highest BCUT2D eigenvalue weighted by Gasteiger charge is 2.15. The number of pyridine rings is 1. The number of carbonyl (C=O) groups excluding carboxylic acids is 2. The van der Waals surface area contributed by atoms with E-state index in [2.05, 4.69) is 4.98 Å². The van der Waals surface area contributed by atoms with Crippen molar-refractivity contribution in [3.05, 3.63) is 23.9 Å². The van der Waals surface area contributed by atoms with E-state index in [1.807, 2.05) is 0 Å². The smallest absolute Gasteiger partial charge is 0.340 e. The van der Waals surface area contributed by atoms with Crippen LogP contribution in [0.15, 0.2) is 23.4 Å². The molecule has 0 fully saturated rings. The lowest BCUT2D eigenvalue weighted by atomic mass is 10.2. The number of aromatic nitrogens is 1. The van der Waals surface area contributed by atoms with Crippen LogP contribution in [-0.4, -0.2) is 29.5 Å². The predicted molar refractivity (Wildman–Crippen MR) is 71.8 cm³/mol. The fourth-order valence-electron chi connectivity index (χ4n) is 1.18. The van der Waals surface area contributed by atoms with Gasteiger partial charge < -0.3 is 9.47 Å². The summed E-state index contributed by atoms with van der Waals surface area (Å²) in [5, 5.41) is 0.498. The first-order valence-electron chi connectivity index (χ1n) is 5.97. The molecule has 0 aliphatic heterocycles. The highest BCUT2D eigenvalue weighted by Crippen LogP contribution is 2.21. The van der Waals surface area contributed by atoms with Gasteiger partial charge in [-0.2, -0.15) is 0 Å². The molecule has 0 bridgehead atoms. The van der Waals surface area contributed by atoms with E-state index in [-0.39, 0.29) is 17.8 Å². The summed E-state index contributed by atoms with van der Waals surface area (Å²) in [5.41, 5.74) is 0.384. The van der Waals surface area contributed by atoms with Gasteiger partial charge in [-0.05, 0) is 19.1 Å². The number of hydrogen-bond donors (Lipinski definition) is 0. The van der Waals surface area contributed by atoms with Gasteiger partial charge >= 0.3 is 11.9 Å². The van der Waals surface area contributed by atoms with Crippen LogP contribution < -0.4 is 0 Å². The van der Waals surface area contributed by atoms with E-state index in [1.54, 1.807) is 39.1 Å². The highest BCUT2D eigenvalue weighted by molar-refractivity contribution is 7.99. The molecule has 1 rings (SSSR count). The maximum atomic E-state index is 11.7. The molecule has 0 aliphatic rings. The molecule has 0 saturated heterocycles. The van der Waals surface area contributed by atoms with Crippen LogP contribution in [-0.2, 0) is 14.3 Å². The molecule has 0 spiro atoms. The van der Waals surface area contributed by atoms with Crippen LogP contribution in [0.3, 0.4) is 0 Å². The van der Waals surface area contributed by atoms with Crippen LogP contribution in [0.2, 0.25) is 0 Å². The standard InChI is InChI=1S/C13H17NO4S/c1-4-17-13(16)10-6-5-7-14-11(10)19-8-18-12(15)9(2)3/h5-7,9H,4,8H2,1-3H3. The van der Waals surface area contributed by atoms with Crippen LogP contribution in [0.4, 0.5) is 0 Å². The maximum absolute atomic E-state index is 11.7. The Morgan fingerprint density at radius 1 is 1.37 bits per heavy atom. The number of carbonyl (C=O) groups is 2. The summed E-state index contributed by atoms with van der Waals surface area (Å²) in [7, 11) is 0. The molecule has 0 atom stereocenters. The molecule has 6 heteroatoms. The molecule has 0 N–H and O–H groups in total. The lowest BCUT2D eigenvalue weighted by Gasteiger charge is -2.09. The molecule has 0 saturated carbocycles. The van der Waals surface area contributed by atoms with Gasteiger partial charge in [0.15, 0.2) is 0 Å². The van der Waals surface area contributed by atoms with Crippen molar-refractivity contribution in [2.75, 3.05) is 12.5 Å². The third-order valence-electron chi connectivity index (χ3n) is 2.13. The largest absolute Gasteiger partial charge is 0.462 e. The minimum atomic E-state index is -0.423. The summed E-state index contributed by atoms with van der Waals surface area (Å²) in [6.45, 7) is 5.57. The van der Waals surface area contributed by atoms with E-state index < -0.39 is 5.97 Å². The summed E-state index contributed by atoms with van der Waals surface area (Å²) in [5.74, 6) is -0.747. The normalized spacial score (nSPS) is 10.3. The van der Waals surface area contributed by atoms with Gasteiger partial charge in [-0.3, -0.25) is 4.79 Å². The van der Waals surface area contributed by atoms with Gasteiger partial charge in [0.2, 0.25) is 0 Å². The zero-order valence-electron chi connectivity index (χ0n) is 11.2. The van der Waals surface area contributed by atoms with Crippen LogP contribution in [0.1, 0.15) is 31.1 Å². The van der Waals surface area contributed by atoms with Crippen LogP contribution in [0.25, 0.3) is 0 Å². The first-order valence-corrected chi connectivity index (χ1v) is 6.96. The van der Waals surface area contributed by atoms with E-state index in [1.165, 1.54) is 11.8 Å². The third kappa shape index (κ3) is 4.90. The Kier molecular flexibility index (Phi) is 6.35. The fourth-order valence-corrected chi connectivity index (χ4v) is 1.91. The lowest BCUT2D eigenvalue weighted by molar-refractivity contribution is -0.144. The molecule has 104 valence electrons. The van der Waals surface area contributed by atoms with Crippen molar-refractivity contribution < 1.29 is 19.1 Å². The minimum absolute atomic E-state index is 0.125. The number of rotatable bonds is 6. The van der Waals surface area contributed by atoms with Crippen molar-refractivity contribution in [2.45, 2.75) is 25.8 Å². The molecule has 0 amide bonds.